The molecule has 0 aliphatic carbocycles. The fraction of sp³-hybridized carbons (Fsp3) is 0.550. The minimum absolute atomic E-state index is 0.102. The highest BCUT2D eigenvalue weighted by molar-refractivity contribution is 5.77. The first kappa shape index (κ1) is 21.5. The molecule has 28 heavy (non-hydrogen) atoms. The summed E-state index contributed by atoms with van der Waals surface area (Å²) in [5.41, 5.74) is 0.232. The molecule has 1 saturated heterocycles. The van der Waals surface area contributed by atoms with E-state index < -0.39 is 35.7 Å². The molecular weight excluding hydrogens is 364 g/mol. The number of esters is 1. The maximum atomic E-state index is 12.3. The number of rotatable bonds is 4. The fourth-order valence-corrected chi connectivity index (χ4v) is 2.92. The normalized spacial score (nSPS) is 19.5. The average Bonchev–Trinajstić information content (AvgIpc) is 2.65. The van der Waals surface area contributed by atoms with Gasteiger partial charge >= 0.3 is 18.2 Å². The Morgan fingerprint density at radius 3 is 2.46 bits per heavy atom. The van der Waals surface area contributed by atoms with Gasteiger partial charge in [0.15, 0.2) is 0 Å². The molecule has 154 valence electrons. The van der Waals surface area contributed by atoms with E-state index >= 15 is 0 Å². The molecule has 1 N–H and O–H groups in total. The molecule has 1 fully saturated rings. The van der Waals surface area contributed by atoms with Gasteiger partial charge in [-0.15, -0.1) is 0 Å². The molecule has 0 radical (unpaired) electrons. The summed E-state index contributed by atoms with van der Waals surface area (Å²) in [5.74, 6) is -1.20. The summed E-state index contributed by atoms with van der Waals surface area (Å²) in [6.45, 7) is 5.92. The minimum Gasteiger partial charge on any atom is -0.469 e. The number of piperidine rings is 1. The number of carbonyl (C=O) groups excluding carboxylic acids is 3. The maximum Gasteiger partial charge on any atom is 0.410 e. The molecule has 0 unspecified atom stereocenters. The van der Waals surface area contributed by atoms with Crippen LogP contribution in [0.15, 0.2) is 30.3 Å². The van der Waals surface area contributed by atoms with Crippen LogP contribution in [0.25, 0.3) is 0 Å². The number of carbonyl (C=O) groups is 3. The molecule has 1 aromatic carbocycles. The molecule has 8 heteroatoms. The van der Waals surface area contributed by atoms with Gasteiger partial charge in [0.05, 0.1) is 13.0 Å². The van der Waals surface area contributed by atoms with Gasteiger partial charge in [-0.1, -0.05) is 30.3 Å². The van der Waals surface area contributed by atoms with Crippen LogP contribution in [0.5, 0.6) is 0 Å². The van der Waals surface area contributed by atoms with Crippen LogP contribution >= 0.6 is 0 Å². The largest absolute Gasteiger partial charge is 0.469 e. The summed E-state index contributed by atoms with van der Waals surface area (Å²) in [5, 5.41) is 2.72. The van der Waals surface area contributed by atoms with Gasteiger partial charge in [0.25, 0.3) is 0 Å². The van der Waals surface area contributed by atoms with Crippen LogP contribution in [0.4, 0.5) is 9.59 Å². The number of amides is 2. The molecule has 2 atom stereocenters. The second-order valence-corrected chi connectivity index (χ2v) is 7.66. The van der Waals surface area contributed by atoms with Crippen molar-refractivity contribution in [2.75, 3.05) is 20.2 Å². The quantitative estimate of drug-likeness (QED) is 0.625. The van der Waals surface area contributed by atoms with E-state index in [4.69, 9.17) is 14.2 Å². The zero-order valence-corrected chi connectivity index (χ0v) is 16.8. The maximum absolute atomic E-state index is 12.3. The number of benzene rings is 1. The second kappa shape index (κ2) is 9.43. The van der Waals surface area contributed by atoms with Crippen molar-refractivity contribution in [3.63, 3.8) is 0 Å². The summed E-state index contributed by atoms with van der Waals surface area (Å²) in [4.78, 5) is 38.1. The Balaban J connectivity index is 1.95. The number of likely N-dealkylation sites (tertiary alicyclic amines) is 1. The molecule has 1 heterocycles. The van der Waals surface area contributed by atoms with Crippen LogP contribution in [0.3, 0.4) is 0 Å². The van der Waals surface area contributed by atoms with Gasteiger partial charge in [-0.25, -0.2) is 9.59 Å². The number of hydrogen-bond donors (Lipinski definition) is 1. The molecule has 0 spiro atoms. The number of methoxy groups -OCH3 is 1. The summed E-state index contributed by atoms with van der Waals surface area (Å²) in [6, 6.07) is 8.80. The number of alkyl carbamates (subject to hydrolysis) is 1. The van der Waals surface area contributed by atoms with Crippen LogP contribution in [0.1, 0.15) is 32.8 Å². The Bertz CT molecular complexity index is 686. The van der Waals surface area contributed by atoms with Crippen molar-refractivity contribution in [1.82, 2.24) is 10.2 Å². The Kier molecular flexibility index (Phi) is 7.25. The third-order valence-corrected chi connectivity index (χ3v) is 4.28. The summed E-state index contributed by atoms with van der Waals surface area (Å²) >= 11 is 0. The van der Waals surface area contributed by atoms with E-state index in [0.717, 1.165) is 5.56 Å². The lowest BCUT2D eigenvalue weighted by Crippen LogP contribution is -2.55. The summed E-state index contributed by atoms with van der Waals surface area (Å²) in [7, 11) is 1.28. The third-order valence-electron chi connectivity index (χ3n) is 4.28. The minimum atomic E-state index is -0.699. The topological polar surface area (TPSA) is 94.2 Å². The second-order valence-electron chi connectivity index (χ2n) is 7.66. The van der Waals surface area contributed by atoms with Crippen molar-refractivity contribution in [1.29, 1.82) is 0 Å². The lowest BCUT2D eigenvalue weighted by Gasteiger charge is -2.37. The lowest BCUT2D eigenvalue weighted by molar-refractivity contribution is -0.148. The van der Waals surface area contributed by atoms with Crippen molar-refractivity contribution < 1.29 is 28.6 Å². The summed E-state index contributed by atoms with van der Waals surface area (Å²) in [6.07, 6.45) is -0.723. The van der Waals surface area contributed by atoms with Gasteiger partial charge < -0.3 is 24.4 Å². The van der Waals surface area contributed by atoms with Crippen LogP contribution < -0.4 is 5.32 Å². The van der Waals surface area contributed by atoms with E-state index in [1.807, 2.05) is 30.3 Å². The van der Waals surface area contributed by atoms with Crippen molar-refractivity contribution in [2.45, 2.75) is 45.4 Å². The van der Waals surface area contributed by atoms with Crippen LogP contribution in [0, 0.1) is 5.92 Å². The van der Waals surface area contributed by atoms with Gasteiger partial charge in [0.2, 0.25) is 0 Å². The van der Waals surface area contributed by atoms with Gasteiger partial charge in [0.1, 0.15) is 12.2 Å². The van der Waals surface area contributed by atoms with E-state index in [1.54, 1.807) is 20.8 Å². The van der Waals surface area contributed by atoms with Crippen LogP contribution in [-0.2, 0) is 25.6 Å². The molecule has 0 aromatic heterocycles. The Morgan fingerprint density at radius 1 is 1.18 bits per heavy atom. The molecule has 1 aliphatic heterocycles. The number of nitrogens with one attached hydrogen (secondary N) is 1. The summed E-state index contributed by atoms with van der Waals surface area (Å²) < 4.78 is 15.4. The highest BCUT2D eigenvalue weighted by atomic mass is 16.6. The average molecular weight is 392 g/mol. The fourth-order valence-electron chi connectivity index (χ4n) is 2.92. The molecule has 2 rings (SSSR count). The predicted octanol–water partition coefficient (Wildman–Crippen LogP) is 2.71. The predicted molar refractivity (Wildman–Crippen MR) is 101 cm³/mol. The molecule has 0 bridgehead atoms. The number of hydrogen-bond acceptors (Lipinski definition) is 6. The van der Waals surface area contributed by atoms with E-state index in [0.29, 0.717) is 13.0 Å². The molecule has 0 saturated carbocycles. The molecule has 1 aliphatic rings. The first-order chi connectivity index (χ1) is 13.2. The van der Waals surface area contributed by atoms with Crippen molar-refractivity contribution >= 4 is 18.2 Å². The smallest absolute Gasteiger partial charge is 0.410 e. The first-order valence-electron chi connectivity index (χ1n) is 9.22. The molecular formula is C20H28N2O6. The molecule has 2 amide bonds. The van der Waals surface area contributed by atoms with Crippen molar-refractivity contribution in [3.05, 3.63) is 35.9 Å². The van der Waals surface area contributed by atoms with Gasteiger partial charge in [0, 0.05) is 19.1 Å². The highest BCUT2D eigenvalue weighted by Gasteiger charge is 2.39. The Morgan fingerprint density at radius 2 is 1.86 bits per heavy atom. The van der Waals surface area contributed by atoms with Crippen LogP contribution in [-0.4, -0.2) is 54.9 Å². The van der Waals surface area contributed by atoms with Gasteiger partial charge in [-0.05, 0) is 32.8 Å². The van der Waals surface area contributed by atoms with Crippen molar-refractivity contribution in [2.24, 2.45) is 5.92 Å². The zero-order valence-electron chi connectivity index (χ0n) is 16.8. The Labute approximate surface area is 165 Å². The number of nitrogens with zero attached hydrogens (tertiary/aromatic N) is 1. The van der Waals surface area contributed by atoms with Crippen LogP contribution in [0.2, 0.25) is 0 Å². The van der Waals surface area contributed by atoms with Gasteiger partial charge in [-0.3, -0.25) is 4.79 Å². The SMILES string of the molecule is COC(=O)[C@H]1CN(C(=O)OC(C)(C)C)CC[C@@H]1NC(=O)OCc1ccccc1. The van der Waals surface area contributed by atoms with E-state index in [1.165, 1.54) is 12.0 Å². The monoisotopic (exact) mass is 392 g/mol. The first-order valence-corrected chi connectivity index (χ1v) is 9.22. The van der Waals surface area contributed by atoms with E-state index in [-0.39, 0.29) is 13.2 Å². The zero-order chi connectivity index (χ0) is 20.7. The van der Waals surface area contributed by atoms with Gasteiger partial charge in [-0.2, -0.15) is 0 Å². The van der Waals surface area contributed by atoms with E-state index in [2.05, 4.69) is 5.32 Å². The molecule has 1 aromatic rings. The number of ether oxygens (including phenoxy) is 3. The van der Waals surface area contributed by atoms with Crippen molar-refractivity contribution in [3.8, 4) is 0 Å². The molecule has 8 nitrogen and oxygen atoms in total. The third kappa shape index (κ3) is 6.44. The lowest BCUT2D eigenvalue weighted by atomic mass is 9.92. The van der Waals surface area contributed by atoms with E-state index in [9.17, 15) is 14.4 Å². The Hall–Kier alpha value is -2.77. The standard InChI is InChI=1S/C20H28N2O6/c1-20(2,3)28-19(25)22-11-10-16(15(12-22)17(23)26-4)21-18(24)27-13-14-8-6-5-7-9-14/h5-9,15-16H,10-13H2,1-4H3,(H,21,24)/t15-,16-/m0/s1. The highest BCUT2D eigenvalue weighted by Crippen LogP contribution is 2.21.